The summed E-state index contributed by atoms with van der Waals surface area (Å²) in [5.74, 6) is 0. The molecule has 0 N–H and O–H groups in total. The fraction of sp³-hybridized carbons (Fsp3) is 0.0231. The minimum Gasteiger partial charge on any atom is -0.345 e. The van der Waals surface area contributed by atoms with E-state index in [2.05, 4.69) is 462 Å². The Bertz CT molecular complexity index is 7700. The lowest BCUT2D eigenvalue weighted by molar-refractivity contribution is -0.385. The summed E-state index contributed by atoms with van der Waals surface area (Å²) in [5.41, 5.74) is 37.0. The smallest absolute Gasteiger partial charge is 0.271 e. The van der Waals surface area contributed by atoms with Gasteiger partial charge in [0.25, 0.3) is 11.4 Å². The van der Waals surface area contributed by atoms with Crippen LogP contribution in [0.15, 0.2) is 546 Å². The molecule has 0 saturated carbocycles. The van der Waals surface area contributed by atoms with Crippen LogP contribution in [0.3, 0.4) is 0 Å². The monoisotopic (exact) mass is 1850 g/mol. The topological polar surface area (TPSA) is 130 Å². The predicted octanol–water partition coefficient (Wildman–Crippen LogP) is 35.5. The van der Waals surface area contributed by atoms with Crippen molar-refractivity contribution in [2.45, 2.75) is 0 Å². The van der Waals surface area contributed by atoms with Gasteiger partial charge in [-0.05, 0) is 288 Å². The molecule has 21 aromatic rings. The zero-order valence-electron chi connectivity index (χ0n) is 79.1. The number of nitro benzene ring substituents is 2. The molecule has 21 rings (SSSR count). The summed E-state index contributed by atoms with van der Waals surface area (Å²) in [6.07, 6.45) is 0. The molecule has 688 valence electrons. The normalized spacial score (nSPS) is 10.7. The molecule has 13 heteroatoms. The largest absolute Gasteiger partial charge is 0.345 e. The molecule has 21 aromatic carbocycles. The number of hydrogen-bond donors (Lipinski definition) is 0. The third-order valence-corrected chi connectivity index (χ3v) is 25.7. The maximum atomic E-state index is 11.3. The van der Waals surface area contributed by atoms with E-state index in [0.29, 0.717) is 5.56 Å². The highest BCUT2D eigenvalue weighted by molar-refractivity contribution is 5.89. The lowest BCUT2D eigenvalue weighted by Gasteiger charge is -2.27. The maximum Gasteiger partial charge on any atom is 0.271 e. The van der Waals surface area contributed by atoms with Crippen molar-refractivity contribution in [2.24, 2.45) is 0 Å². The Morgan fingerprint density at radius 3 is 0.559 bits per heavy atom. The van der Waals surface area contributed by atoms with E-state index < -0.39 is 0 Å². The molecule has 0 unspecified atom stereocenters. The summed E-state index contributed by atoms with van der Waals surface area (Å²) in [6, 6.07) is 190. The van der Waals surface area contributed by atoms with Gasteiger partial charge in [-0.2, -0.15) is 5.26 Å². The van der Waals surface area contributed by atoms with Gasteiger partial charge in [0.1, 0.15) is 0 Å². The Hall–Kier alpha value is -19.3. The second kappa shape index (κ2) is 43.8. The van der Waals surface area contributed by atoms with Crippen LogP contribution in [0.5, 0.6) is 0 Å². The van der Waals surface area contributed by atoms with Gasteiger partial charge in [-0.15, -0.1) is 0 Å². The zero-order valence-corrected chi connectivity index (χ0v) is 79.1. The number of non-ortho nitro benzene ring substituents is 2. The first-order valence-corrected chi connectivity index (χ1v) is 47.4. The van der Waals surface area contributed by atoms with Gasteiger partial charge in [-0.25, -0.2) is 0 Å². The minimum absolute atomic E-state index is 0.0729. The molecule has 0 amide bonds. The molecule has 143 heavy (non-hydrogen) atoms. The Kier molecular flexibility index (Phi) is 28.4. The SMILES string of the molecule is CN(c1ccc(-c2ccc(N(c3cccc(-c4ccccc4)c3)c3cccc(-c4ccccc4)c3)cc2)cc1)c1ccc([N+](=O)[O-])cc1.CN(c1ccc(-c2ccc(N(c3cccc(-c4ccccc4)c3)c3cccc(-c4ccccc4)c3)cc2)cc1)c1cccc([N+](=O)[O-])c1.CN(c1ccc(C#N)cc1)c1ccc(-c2ccc(N(c3cccc(-c4ccccc4)c3)c3cccc(-c4ccccc4)c3)cc2)cc1. The van der Waals surface area contributed by atoms with Crippen LogP contribution < -0.4 is 29.4 Å². The van der Waals surface area contributed by atoms with Crippen LogP contribution >= 0.6 is 0 Å². The Morgan fingerprint density at radius 1 is 0.168 bits per heavy atom. The van der Waals surface area contributed by atoms with Gasteiger partial charge >= 0.3 is 0 Å². The number of hydrogen-bond acceptors (Lipinski definition) is 11. The highest BCUT2D eigenvalue weighted by Crippen LogP contribution is 2.45. The average Bonchev–Trinajstić information content (AvgIpc) is 0.790. The molecule has 0 aliphatic rings. The Labute approximate surface area is 834 Å². The molecule has 0 aliphatic heterocycles. The quantitative estimate of drug-likeness (QED) is 0.0379. The van der Waals surface area contributed by atoms with Crippen LogP contribution in [-0.4, -0.2) is 31.0 Å². The first kappa shape index (κ1) is 92.8. The van der Waals surface area contributed by atoms with Crippen LogP contribution in [0.25, 0.3) is 100 Å². The predicted molar refractivity (Wildman–Crippen MR) is 594 cm³/mol. The summed E-state index contributed by atoms with van der Waals surface area (Å²) in [4.78, 5) is 34.6. The summed E-state index contributed by atoms with van der Waals surface area (Å²) < 4.78 is 0. The van der Waals surface area contributed by atoms with Crippen molar-refractivity contribution in [1.29, 1.82) is 5.26 Å². The van der Waals surface area contributed by atoms with Crippen LogP contribution in [0.1, 0.15) is 5.56 Å². The summed E-state index contributed by atoms with van der Waals surface area (Å²) in [7, 11) is 5.91. The molecule has 0 radical (unpaired) electrons. The van der Waals surface area contributed by atoms with E-state index in [0.717, 1.165) is 141 Å². The van der Waals surface area contributed by atoms with E-state index in [9.17, 15) is 20.2 Å². The molecule has 0 aliphatic carbocycles. The summed E-state index contributed by atoms with van der Waals surface area (Å²) in [6.45, 7) is 0. The van der Waals surface area contributed by atoms with Gasteiger partial charge in [0, 0.05) is 131 Å². The first-order valence-electron chi connectivity index (χ1n) is 47.4. The van der Waals surface area contributed by atoms with Crippen molar-refractivity contribution in [3.8, 4) is 106 Å². The molecule has 0 bridgehead atoms. The molecule has 0 saturated heterocycles. The maximum absolute atomic E-state index is 11.3. The van der Waals surface area contributed by atoms with Crippen LogP contribution in [0.2, 0.25) is 0 Å². The van der Waals surface area contributed by atoms with Crippen molar-refractivity contribution in [3.05, 3.63) is 572 Å². The van der Waals surface area contributed by atoms with E-state index in [-0.39, 0.29) is 21.2 Å². The lowest BCUT2D eigenvalue weighted by Crippen LogP contribution is -2.10. The number of nitro groups is 2. The molecule has 0 fully saturated rings. The van der Waals surface area contributed by atoms with Gasteiger partial charge in [0.05, 0.1) is 21.5 Å². The van der Waals surface area contributed by atoms with E-state index in [1.54, 1.807) is 24.3 Å². The lowest BCUT2D eigenvalue weighted by atomic mass is 10.0. The Balaban J connectivity index is 0.000000136. The number of rotatable bonds is 26. The number of nitriles is 1. The van der Waals surface area contributed by atoms with Crippen molar-refractivity contribution in [2.75, 3.05) is 50.5 Å². The number of anilines is 15. The van der Waals surface area contributed by atoms with Gasteiger partial charge < -0.3 is 29.4 Å². The van der Waals surface area contributed by atoms with Gasteiger partial charge in [0.2, 0.25) is 0 Å². The van der Waals surface area contributed by atoms with Gasteiger partial charge in [-0.1, -0.05) is 334 Å². The van der Waals surface area contributed by atoms with Gasteiger partial charge in [0.15, 0.2) is 0 Å². The van der Waals surface area contributed by atoms with Crippen LogP contribution in [0.4, 0.5) is 96.7 Å². The molecule has 0 spiro atoms. The zero-order chi connectivity index (χ0) is 97.8. The van der Waals surface area contributed by atoms with E-state index in [1.165, 1.54) is 62.7 Å². The second-order valence-corrected chi connectivity index (χ2v) is 34.7. The van der Waals surface area contributed by atoms with Crippen LogP contribution in [-0.2, 0) is 0 Å². The van der Waals surface area contributed by atoms with Gasteiger partial charge in [-0.3, -0.25) is 20.2 Å². The van der Waals surface area contributed by atoms with Crippen molar-refractivity contribution in [1.82, 2.24) is 0 Å². The standard InChI is InChI=1S/C44H33N3.2C43H33N3O2/c1-46(40-24-18-33(32-45)19-25-40)41-26-20-36(21-27-41)37-22-28-42(29-23-37)47(43-16-8-14-38(30-43)34-10-4-2-5-11-34)44-17-9-15-39(31-44)35-12-6-3-7-13-35;1-44(40-17-10-20-43(31-40)46(47)48)38-25-21-34(22-26-38)35-23-27-39(28-24-35)45(41-18-8-15-36(29-41)32-11-4-2-5-12-32)42-19-9-16-37(30-42)33-13-6-3-7-14-33;1-44(39-26-28-41(29-27-39)46(47)48)38-22-18-34(19-23-38)35-20-24-40(25-21-35)45(42-16-8-14-36(30-42)32-10-4-2-5-11-32)43-17-9-15-37(31-43)33-12-6-3-7-13-33/h2-31H,1H3;2*2-31H,1H3. The van der Waals surface area contributed by atoms with E-state index in [1.807, 2.05) is 97.7 Å². The third-order valence-electron chi connectivity index (χ3n) is 25.7. The fourth-order valence-electron chi connectivity index (χ4n) is 17.9. The summed E-state index contributed by atoms with van der Waals surface area (Å²) in [5, 5.41) is 31.5. The summed E-state index contributed by atoms with van der Waals surface area (Å²) >= 11 is 0. The third kappa shape index (κ3) is 22.1. The highest BCUT2D eigenvalue weighted by Gasteiger charge is 2.22. The van der Waals surface area contributed by atoms with Crippen LogP contribution in [0, 0.1) is 31.6 Å². The molecule has 0 atom stereocenters. The Morgan fingerprint density at radius 2 is 0.343 bits per heavy atom. The van der Waals surface area contributed by atoms with E-state index >= 15 is 0 Å². The molecule has 13 nitrogen and oxygen atoms in total. The molecule has 0 aromatic heterocycles. The minimum atomic E-state index is -0.382. The van der Waals surface area contributed by atoms with Crippen molar-refractivity contribution < 1.29 is 9.85 Å². The van der Waals surface area contributed by atoms with Crippen molar-refractivity contribution in [3.63, 3.8) is 0 Å². The molecular weight excluding hydrogens is 1750 g/mol. The average molecular weight is 1850 g/mol. The van der Waals surface area contributed by atoms with Crippen molar-refractivity contribution >= 4 is 96.7 Å². The molecule has 0 heterocycles. The second-order valence-electron chi connectivity index (χ2n) is 34.7. The van der Waals surface area contributed by atoms with E-state index in [4.69, 9.17) is 5.26 Å². The highest BCUT2D eigenvalue weighted by atomic mass is 16.6. The molecular formula is C130H99N9O4. The number of benzene rings is 21. The fourth-order valence-corrected chi connectivity index (χ4v) is 17.9. The number of nitrogens with zero attached hydrogens (tertiary/aromatic N) is 9. The first-order chi connectivity index (χ1) is 70.2.